The molecule has 0 aliphatic rings. The SMILES string of the molecule is C[Si](C)(C)CCOCN=C(CC=N)c1ccc(Oc2ccc(N)c(C=NCCOS(C)(=O)=O)c2)cc1. The van der Waals surface area contributed by atoms with Gasteiger partial charge in [0.05, 0.1) is 25.1 Å². The van der Waals surface area contributed by atoms with Crippen LogP contribution in [0.15, 0.2) is 52.4 Å². The van der Waals surface area contributed by atoms with Gasteiger partial charge in [0.1, 0.15) is 18.2 Å². The first-order chi connectivity index (χ1) is 17.0. The predicted octanol–water partition coefficient (Wildman–Crippen LogP) is 4.60. The minimum atomic E-state index is -3.48. The van der Waals surface area contributed by atoms with Crippen molar-refractivity contribution in [1.29, 1.82) is 5.41 Å². The second-order valence-electron chi connectivity index (χ2n) is 9.34. The van der Waals surface area contributed by atoms with E-state index in [2.05, 4.69) is 33.8 Å². The van der Waals surface area contributed by atoms with Gasteiger partial charge in [-0.2, -0.15) is 8.42 Å². The lowest BCUT2D eigenvalue weighted by molar-refractivity contribution is 0.155. The Morgan fingerprint density at radius 1 is 1.08 bits per heavy atom. The molecule has 2 rings (SSSR count). The normalized spacial score (nSPS) is 12.7. The summed E-state index contributed by atoms with van der Waals surface area (Å²) >= 11 is 0. The summed E-state index contributed by atoms with van der Waals surface area (Å²) in [4.78, 5) is 8.70. The molecule has 0 aliphatic carbocycles. The van der Waals surface area contributed by atoms with Gasteiger partial charge < -0.3 is 20.6 Å². The zero-order valence-electron chi connectivity index (χ0n) is 21.4. The number of nitrogens with zero attached hydrogens (tertiary/aromatic N) is 2. The summed E-state index contributed by atoms with van der Waals surface area (Å²) in [6, 6.07) is 13.8. The fourth-order valence-corrected chi connectivity index (χ4v) is 4.05. The first-order valence-electron chi connectivity index (χ1n) is 11.6. The fraction of sp³-hybridized carbons (Fsp3) is 0.400. The van der Waals surface area contributed by atoms with E-state index >= 15 is 0 Å². The van der Waals surface area contributed by atoms with Crippen molar-refractivity contribution < 1.29 is 22.1 Å². The van der Waals surface area contributed by atoms with Crippen molar-refractivity contribution in [3.63, 3.8) is 0 Å². The molecule has 3 N–H and O–H groups in total. The number of hydrogen-bond acceptors (Lipinski definition) is 9. The largest absolute Gasteiger partial charge is 0.457 e. The van der Waals surface area contributed by atoms with Crippen LogP contribution >= 0.6 is 0 Å². The molecule has 2 aromatic carbocycles. The molecule has 9 nitrogen and oxygen atoms in total. The highest BCUT2D eigenvalue weighted by atomic mass is 32.2. The maximum atomic E-state index is 11.0. The molecule has 11 heteroatoms. The number of ether oxygens (including phenoxy) is 2. The maximum absolute atomic E-state index is 11.0. The lowest BCUT2D eigenvalue weighted by Crippen LogP contribution is -2.21. The molecule has 0 atom stereocenters. The first kappa shape index (κ1) is 29.4. The Bertz CT molecular complexity index is 1160. The average molecular weight is 533 g/mol. The van der Waals surface area contributed by atoms with Gasteiger partial charge in [0.2, 0.25) is 0 Å². The average Bonchev–Trinajstić information content (AvgIpc) is 2.79. The Kier molecular flexibility index (Phi) is 11.4. The molecule has 0 aliphatic heterocycles. The smallest absolute Gasteiger partial charge is 0.264 e. The lowest BCUT2D eigenvalue weighted by atomic mass is 10.1. The summed E-state index contributed by atoms with van der Waals surface area (Å²) in [6.45, 7) is 8.05. The summed E-state index contributed by atoms with van der Waals surface area (Å²) in [5, 5.41) is 7.49. The van der Waals surface area contributed by atoms with Gasteiger partial charge in [-0.3, -0.25) is 14.2 Å². The van der Waals surface area contributed by atoms with Crippen LogP contribution < -0.4 is 10.5 Å². The molecule has 0 unspecified atom stereocenters. The van der Waals surface area contributed by atoms with Gasteiger partial charge in [0.15, 0.2) is 0 Å². The van der Waals surface area contributed by atoms with E-state index in [0.717, 1.165) is 23.6 Å². The van der Waals surface area contributed by atoms with E-state index in [1.807, 2.05) is 24.3 Å². The minimum absolute atomic E-state index is 0.0361. The van der Waals surface area contributed by atoms with Crippen LogP contribution in [0.2, 0.25) is 25.7 Å². The molecule has 196 valence electrons. The number of hydrogen-bond donors (Lipinski definition) is 2. The van der Waals surface area contributed by atoms with Gasteiger partial charge in [0.25, 0.3) is 10.1 Å². The minimum Gasteiger partial charge on any atom is -0.457 e. The quantitative estimate of drug-likeness (QED) is 0.113. The second kappa shape index (κ2) is 14.0. The van der Waals surface area contributed by atoms with E-state index in [1.165, 1.54) is 6.21 Å². The zero-order chi connectivity index (χ0) is 26.6. The molecule has 0 spiro atoms. The van der Waals surface area contributed by atoms with Crippen molar-refractivity contribution in [2.24, 2.45) is 9.98 Å². The monoisotopic (exact) mass is 532 g/mol. The molecule has 0 aromatic heterocycles. The van der Waals surface area contributed by atoms with Gasteiger partial charge in [-0.1, -0.05) is 19.6 Å². The Labute approximate surface area is 215 Å². The van der Waals surface area contributed by atoms with E-state index in [1.54, 1.807) is 24.4 Å². The van der Waals surface area contributed by atoms with Crippen molar-refractivity contribution in [2.75, 3.05) is 38.5 Å². The highest BCUT2D eigenvalue weighted by Gasteiger charge is 2.12. The summed E-state index contributed by atoms with van der Waals surface area (Å²) in [5.74, 6) is 1.21. The van der Waals surface area contributed by atoms with Crippen LogP contribution in [0.5, 0.6) is 11.5 Å². The third-order valence-electron chi connectivity index (χ3n) is 4.87. The van der Waals surface area contributed by atoms with E-state index in [-0.39, 0.29) is 19.9 Å². The van der Waals surface area contributed by atoms with Crippen molar-refractivity contribution in [3.8, 4) is 11.5 Å². The molecule has 0 radical (unpaired) electrons. The molecule has 36 heavy (non-hydrogen) atoms. The molecule has 0 bridgehead atoms. The second-order valence-corrected chi connectivity index (χ2v) is 16.6. The van der Waals surface area contributed by atoms with Crippen molar-refractivity contribution >= 4 is 42.0 Å². The van der Waals surface area contributed by atoms with E-state index in [0.29, 0.717) is 35.8 Å². The molecule has 0 saturated heterocycles. The lowest BCUT2D eigenvalue weighted by Gasteiger charge is -2.14. The van der Waals surface area contributed by atoms with E-state index < -0.39 is 18.2 Å². The first-order valence-corrected chi connectivity index (χ1v) is 17.1. The molecule has 0 fully saturated rings. The standard InChI is InChI=1S/C25H36N4O5SSi/c1-35(30,31)33-14-13-28-18-21-17-23(9-10-24(21)27)34-22-7-5-20(6-8-22)25(11-12-26)29-19-32-15-16-36(2,3)4/h5-10,12,17-18,26H,11,13-16,19,27H2,1-4H3. The Morgan fingerprint density at radius 2 is 1.78 bits per heavy atom. The predicted molar refractivity (Wildman–Crippen MR) is 150 cm³/mol. The number of anilines is 1. The summed E-state index contributed by atoms with van der Waals surface area (Å²) < 4.78 is 38.3. The van der Waals surface area contributed by atoms with Gasteiger partial charge in [-0.05, 0) is 54.1 Å². The van der Waals surface area contributed by atoms with Crippen molar-refractivity contribution in [3.05, 3.63) is 53.6 Å². The molecule has 0 amide bonds. The highest BCUT2D eigenvalue weighted by Crippen LogP contribution is 2.25. The van der Waals surface area contributed by atoms with Crippen molar-refractivity contribution in [2.45, 2.75) is 32.1 Å². The van der Waals surface area contributed by atoms with Gasteiger partial charge in [-0.25, -0.2) is 0 Å². The molecule has 0 heterocycles. The van der Waals surface area contributed by atoms with E-state index in [9.17, 15) is 8.42 Å². The van der Waals surface area contributed by atoms with Crippen LogP contribution in [0.4, 0.5) is 5.69 Å². The third kappa shape index (κ3) is 11.7. The van der Waals surface area contributed by atoms with Crippen LogP contribution in [0.25, 0.3) is 0 Å². The zero-order valence-corrected chi connectivity index (χ0v) is 23.2. The number of rotatable bonds is 15. The summed E-state index contributed by atoms with van der Waals surface area (Å²) in [7, 11) is -4.62. The highest BCUT2D eigenvalue weighted by molar-refractivity contribution is 7.85. The van der Waals surface area contributed by atoms with Crippen molar-refractivity contribution in [1.82, 2.24) is 0 Å². The Hall–Kier alpha value is -2.86. The van der Waals surface area contributed by atoms with Gasteiger partial charge in [0, 0.05) is 44.8 Å². The molecular formula is C25H36N4O5SSi. The maximum Gasteiger partial charge on any atom is 0.264 e. The van der Waals surface area contributed by atoms with Gasteiger partial charge >= 0.3 is 0 Å². The van der Waals surface area contributed by atoms with Crippen LogP contribution in [0, 0.1) is 5.41 Å². The number of benzene rings is 2. The van der Waals surface area contributed by atoms with Gasteiger partial charge in [-0.15, -0.1) is 0 Å². The molecule has 0 saturated carbocycles. The Balaban J connectivity index is 2.00. The van der Waals surface area contributed by atoms with Crippen LogP contribution in [0.1, 0.15) is 17.5 Å². The third-order valence-corrected chi connectivity index (χ3v) is 7.17. The fourth-order valence-electron chi connectivity index (χ4n) is 2.92. The number of nitrogen functional groups attached to an aromatic ring is 1. The van der Waals surface area contributed by atoms with Crippen LogP contribution in [-0.4, -0.2) is 67.4 Å². The summed E-state index contributed by atoms with van der Waals surface area (Å²) in [5.41, 5.74) is 8.88. The topological polar surface area (TPSA) is 136 Å². The molecule has 2 aromatic rings. The number of aliphatic imine (C=N–C) groups is 2. The number of nitrogens with two attached hydrogens (primary N) is 1. The van der Waals surface area contributed by atoms with Crippen LogP contribution in [0.3, 0.4) is 0 Å². The Morgan fingerprint density at radius 3 is 2.42 bits per heavy atom. The number of nitrogens with one attached hydrogen (secondary N) is 1. The van der Waals surface area contributed by atoms with E-state index in [4.69, 9.17) is 20.6 Å². The molecular weight excluding hydrogens is 496 g/mol. The summed E-state index contributed by atoms with van der Waals surface area (Å²) in [6.07, 6.45) is 4.31. The van der Waals surface area contributed by atoms with Crippen LogP contribution in [-0.2, 0) is 19.0 Å².